The fraction of sp³-hybridized carbons (Fsp3) is 0.750. The van der Waals surface area contributed by atoms with Crippen molar-refractivity contribution in [2.45, 2.75) is 20.8 Å². The predicted octanol–water partition coefficient (Wildman–Crippen LogP) is 0.961. The fourth-order valence-electron chi connectivity index (χ4n) is 1.61. The molecule has 0 amide bonds. The third-order valence-corrected chi connectivity index (χ3v) is 2.33. The Morgan fingerprint density at radius 1 is 1.26 bits per heavy atom. The van der Waals surface area contributed by atoms with Crippen LogP contribution in [-0.2, 0) is 4.74 Å². The maximum atomic E-state index is 5.69. The van der Waals surface area contributed by atoms with E-state index in [1.54, 1.807) is 7.11 Å². The number of nitrogen functional groups attached to an aromatic ring is 1. The van der Waals surface area contributed by atoms with Gasteiger partial charge in [-0.15, -0.1) is 0 Å². The summed E-state index contributed by atoms with van der Waals surface area (Å²) in [7, 11) is 1.67. The molecule has 0 saturated carbocycles. The Morgan fingerprint density at radius 2 is 2.00 bits per heavy atom. The monoisotopic (exact) mass is 269 g/mol. The average molecular weight is 269 g/mol. The van der Waals surface area contributed by atoms with Crippen molar-refractivity contribution in [2.75, 3.05) is 44.0 Å². The molecule has 108 valence electrons. The number of hydrogen-bond acceptors (Lipinski definition) is 7. The third kappa shape index (κ3) is 5.25. The average Bonchev–Trinajstić information content (AvgIpc) is 2.33. The predicted molar refractivity (Wildman–Crippen MR) is 74.3 cm³/mol. The molecule has 7 heteroatoms. The Morgan fingerprint density at radius 3 is 2.58 bits per heavy atom. The van der Waals surface area contributed by atoms with E-state index in [0.717, 1.165) is 6.54 Å². The highest BCUT2D eigenvalue weighted by Crippen LogP contribution is 2.14. The maximum Gasteiger partial charge on any atom is 0.323 e. The van der Waals surface area contributed by atoms with Gasteiger partial charge in [0.2, 0.25) is 11.9 Å². The van der Waals surface area contributed by atoms with Crippen LogP contribution in [0.25, 0.3) is 0 Å². The van der Waals surface area contributed by atoms with E-state index in [-0.39, 0.29) is 12.0 Å². The molecule has 0 saturated heterocycles. The number of nitrogens with two attached hydrogens (primary N) is 1. The van der Waals surface area contributed by atoms with Crippen LogP contribution in [-0.4, -0.2) is 48.4 Å². The molecule has 1 aromatic heterocycles. The second kappa shape index (κ2) is 7.73. The molecule has 0 aliphatic carbocycles. The summed E-state index contributed by atoms with van der Waals surface area (Å²) in [6, 6.07) is 0.260. The van der Waals surface area contributed by atoms with Crippen LogP contribution >= 0.6 is 0 Å². The van der Waals surface area contributed by atoms with Crippen molar-refractivity contribution in [3.8, 4) is 6.01 Å². The molecule has 0 aliphatic heterocycles. The number of aromatic nitrogens is 3. The van der Waals surface area contributed by atoms with Crippen LogP contribution in [0.1, 0.15) is 20.8 Å². The fourth-order valence-corrected chi connectivity index (χ4v) is 1.61. The van der Waals surface area contributed by atoms with Crippen LogP contribution in [0.2, 0.25) is 0 Å². The van der Waals surface area contributed by atoms with Gasteiger partial charge >= 0.3 is 6.01 Å². The SMILES string of the molecule is CCOc1nc(N)nc(N(CCOC)CC(C)C)n1. The molecule has 0 aliphatic rings. The molecule has 7 nitrogen and oxygen atoms in total. The van der Waals surface area contributed by atoms with E-state index < -0.39 is 0 Å². The summed E-state index contributed by atoms with van der Waals surface area (Å²) in [5.74, 6) is 1.17. The van der Waals surface area contributed by atoms with Crippen LogP contribution < -0.4 is 15.4 Å². The maximum absolute atomic E-state index is 5.69. The molecule has 0 bridgehead atoms. The highest BCUT2D eigenvalue weighted by molar-refractivity contribution is 5.36. The smallest absolute Gasteiger partial charge is 0.323 e. The van der Waals surface area contributed by atoms with Crippen molar-refractivity contribution in [3.63, 3.8) is 0 Å². The van der Waals surface area contributed by atoms with E-state index in [9.17, 15) is 0 Å². The van der Waals surface area contributed by atoms with Gasteiger partial charge < -0.3 is 20.1 Å². The third-order valence-electron chi connectivity index (χ3n) is 2.33. The second-order valence-corrected chi connectivity index (χ2v) is 4.54. The van der Waals surface area contributed by atoms with E-state index in [1.807, 2.05) is 11.8 Å². The number of nitrogens with zero attached hydrogens (tertiary/aromatic N) is 4. The van der Waals surface area contributed by atoms with Crippen LogP contribution in [0.5, 0.6) is 6.01 Å². The van der Waals surface area contributed by atoms with Crippen LogP contribution in [0.15, 0.2) is 0 Å². The standard InChI is InChI=1S/C12H23N5O2/c1-5-19-12-15-10(13)14-11(16-12)17(6-7-18-4)8-9(2)3/h9H,5-8H2,1-4H3,(H2,13,14,15,16). The normalized spacial score (nSPS) is 10.8. The number of anilines is 2. The van der Waals surface area contributed by atoms with Crippen LogP contribution in [0, 0.1) is 5.92 Å². The number of rotatable bonds is 8. The molecule has 2 N–H and O–H groups in total. The Labute approximate surface area is 114 Å². The van der Waals surface area contributed by atoms with Gasteiger partial charge in [-0.05, 0) is 12.8 Å². The lowest BCUT2D eigenvalue weighted by Crippen LogP contribution is -2.32. The molecule has 0 fully saturated rings. The van der Waals surface area contributed by atoms with Crippen molar-refractivity contribution >= 4 is 11.9 Å². The van der Waals surface area contributed by atoms with Crippen LogP contribution in [0.3, 0.4) is 0 Å². The van der Waals surface area contributed by atoms with Crippen molar-refractivity contribution in [2.24, 2.45) is 5.92 Å². The zero-order valence-corrected chi connectivity index (χ0v) is 12.1. The lowest BCUT2D eigenvalue weighted by molar-refractivity contribution is 0.204. The minimum atomic E-state index is 0.166. The van der Waals surface area contributed by atoms with Crippen molar-refractivity contribution in [1.29, 1.82) is 0 Å². The molecular formula is C12H23N5O2. The van der Waals surface area contributed by atoms with Gasteiger partial charge in [0.05, 0.1) is 13.2 Å². The Kier molecular flexibility index (Phi) is 6.27. The van der Waals surface area contributed by atoms with Crippen molar-refractivity contribution in [3.05, 3.63) is 0 Å². The lowest BCUT2D eigenvalue weighted by Gasteiger charge is -2.24. The van der Waals surface area contributed by atoms with Crippen LogP contribution in [0.4, 0.5) is 11.9 Å². The highest BCUT2D eigenvalue weighted by Gasteiger charge is 2.14. The first-order chi connectivity index (χ1) is 9.06. The van der Waals surface area contributed by atoms with Gasteiger partial charge in [0, 0.05) is 20.2 Å². The number of methoxy groups -OCH3 is 1. The Hall–Kier alpha value is -1.63. The molecule has 1 aromatic rings. The zero-order valence-electron chi connectivity index (χ0n) is 12.1. The van der Waals surface area contributed by atoms with Gasteiger partial charge in [-0.2, -0.15) is 15.0 Å². The number of ether oxygens (including phenoxy) is 2. The molecule has 1 rings (SSSR count). The summed E-state index contributed by atoms with van der Waals surface area (Å²) < 4.78 is 10.4. The zero-order chi connectivity index (χ0) is 14.3. The molecule has 0 spiro atoms. The summed E-state index contributed by atoms with van der Waals surface area (Å²) in [5, 5.41) is 0. The Bertz CT molecular complexity index is 386. The molecule has 0 radical (unpaired) electrons. The first-order valence-corrected chi connectivity index (χ1v) is 6.45. The largest absolute Gasteiger partial charge is 0.464 e. The minimum absolute atomic E-state index is 0.166. The van der Waals surface area contributed by atoms with Gasteiger partial charge in [-0.25, -0.2) is 0 Å². The summed E-state index contributed by atoms with van der Waals surface area (Å²) in [6.07, 6.45) is 0. The molecule has 0 aromatic carbocycles. The first-order valence-electron chi connectivity index (χ1n) is 6.45. The molecule has 1 heterocycles. The summed E-state index contributed by atoms with van der Waals surface area (Å²) in [5.41, 5.74) is 5.69. The minimum Gasteiger partial charge on any atom is -0.464 e. The summed E-state index contributed by atoms with van der Waals surface area (Å²) in [6.45, 7) is 8.74. The lowest BCUT2D eigenvalue weighted by atomic mass is 10.2. The van der Waals surface area contributed by atoms with Crippen molar-refractivity contribution < 1.29 is 9.47 Å². The number of hydrogen-bond donors (Lipinski definition) is 1. The van der Waals surface area contributed by atoms with Gasteiger partial charge in [-0.1, -0.05) is 13.8 Å². The molecule has 0 unspecified atom stereocenters. The van der Waals surface area contributed by atoms with E-state index in [2.05, 4.69) is 28.8 Å². The van der Waals surface area contributed by atoms with Gasteiger partial charge in [0.15, 0.2) is 0 Å². The molecular weight excluding hydrogens is 246 g/mol. The second-order valence-electron chi connectivity index (χ2n) is 4.54. The quantitative estimate of drug-likeness (QED) is 0.752. The summed E-state index contributed by atoms with van der Waals surface area (Å²) >= 11 is 0. The first kappa shape index (κ1) is 15.4. The molecule has 0 atom stereocenters. The van der Waals surface area contributed by atoms with Gasteiger partial charge in [0.25, 0.3) is 0 Å². The summed E-state index contributed by atoms with van der Waals surface area (Å²) in [4.78, 5) is 14.4. The van der Waals surface area contributed by atoms with E-state index in [0.29, 0.717) is 31.6 Å². The Balaban J connectivity index is 2.92. The highest BCUT2D eigenvalue weighted by atomic mass is 16.5. The van der Waals surface area contributed by atoms with E-state index >= 15 is 0 Å². The topological polar surface area (TPSA) is 86.4 Å². The van der Waals surface area contributed by atoms with E-state index in [4.69, 9.17) is 15.2 Å². The van der Waals surface area contributed by atoms with Gasteiger partial charge in [0.1, 0.15) is 0 Å². The van der Waals surface area contributed by atoms with Gasteiger partial charge in [-0.3, -0.25) is 0 Å². The van der Waals surface area contributed by atoms with Crippen molar-refractivity contribution in [1.82, 2.24) is 15.0 Å². The van der Waals surface area contributed by atoms with E-state index in [1.165, 1.54) is 0 Å². The molecule has 19 heavy (non-hydrogen) atoms.